The molecule has 0 spiro atoms. The Hall–Kier alpha value is -2.21. The van der Waals surface area contributed by atoms with Crippen molar-refractivity contribution in [2.45, 2.75) is 18.9 Å². The van der Waals surface area contributed by atoms with Crippen LogP contribution in [-0.2, 0) is 4.74 Å². The van der Waals surface area contributed by atoms with Gasteiger partial charge in [0.15, 0.2) is 0 Å². The van der Waals surface area contributed by atoms with E-state index in [0.29, 0.717) is 17.5 Å². The van der Waals surface area contributed by atoms with E-state index >= 15 is 0 Å². The van der Waals surface area contributed by atoms with E-state index in [1.165, 1.54) is 0 Å². The maximum Gasteiger partial charge on any atom is 0.335 e. The fraction of sp³-hybridized carbons (Fsp3) is 0.357. The zero-order valence-corrected chi connectivity index (χ0v) is 10.9. The summed E-state index contributed by atoms with van der Waals surface area (Å²) in [6.07, 6.45) is 3.56. The Morgan fingerprint density at radius 2 is 2.15 bits per heavy atom. The first-order valence-corrected chi connectivity index (χ1v) is 6.57. The first-order valence-electron chi connectivity index (χ1n) is 6.57. The molecule has 0 amide bonds. The maximum absolute atomic E-state index is 11.0. The molecule has 20 heavy (non-hydrogen) atoms. The molecule has 1 fully saturated rings. The highest BCUT2D eigenvalue weighted by Gasteiger charge is 2.14. The number of carboxylic acids is 1. The number of carbonyl (C=O) groups is 1. The summed E-state index contributed by atoms with van der Waals surface area (Å²) in [4.78, 5) is 19.6. The average molecular weight is 273 g/mol. The van der Waals surface area contributed by atoms with E-state index < -0.39 is 5.97 Å². The van der Waals surface area contributed by atoms with Crippen molar-refractivity contribution in [1.82, 2.24) is 9.97 Å². The third-order valence-electron chi connectivity index (χ3n) is 3.38. The molecule has 6 heteroatoms. The van der Waals surface area contributed by atoms with Gasteiger partial charge in [0.05, 0.1) is 11.1 Å². The van der Waals surface area contributed by atoms with Gasteiger partial charge in [-0.2, -0.15) is 0 Å². The second kappa shape index (κ2) is 5.42. The number of hydrogen-bond acceptors (Lipinski definition) is 5. The summed E-state index contributed by atoms with van der Waals surface area (Å²) in [5, 5.41) is 13.1. The van der Waals surface area contributed by atoms with Crippen LogP contribution >= 0.6 is 0 Å². The molecule has 1 aliphatic heterocycles. The molecule has 0 bridgehead atoms. The lowest BCUT2D eigenvalue weighted by Gasteiger charge is -2.23. The number of fused-ring (bicyclic) bond motifs is 1. The highest BCUT2D eigenvalue weighted by Crippen LogP contribution is 2.17. The Bertz CT molecular complexity index is 639. The van der Waals surface area contributed by atoms with Crippen molar-refractivity contribution in [3.8, 4) is 0 Å². The van der Waals surface area contributed by atoms with Crippen LogP contribution in [0.15, 0.2) is 24.4 Å². The second-order valence-corrected chi connectivity index (χ2v) is 4.80. The quantitative estimate of drug-likeness (QED) is 0.888. The molecule has 0 atom stereocenters. The lowest BCUT2D eigenvalue weighted by atomic mass is 10.1. The number of anilines is 1. The van der Waals surface area contributed by atoms with Gasteiger partial charge in [-0.05, 0) is 25.0 Å². The average Bonchev–Trinajstić information content (AvgIpc) is 2.47. The molecule has 1 aliphatic rings. The Kier molecular flexibility index (Phi) is 3.47. The number of rotatable bonds is 3. The number of aromatic carboxylic acids is 1. The Morgan fingerprint density at radius 1 is 1.35 bits per heavy atom. The van der Waals surface area contributed by atoms with Gasteiger partial charge in [0.1, 0.15) is 0 Å². The molecule has 0 unspecified atom stereocenters. The van der Waals surface area contributed by atoms with E-state index in [1.54, 1.807) is 24.4 Å². The van der Waals surface area contributed by atoms with Crippen LogP contribution in [0.25, 0.3) is 10.9 Å². The molecule has 1 aromatic carbocycles. The number of ether oxygens (including phenoxy) is 1. The molecule has 1 saturated heterocycles. The summed E-state index contributed by atoms with van der Waals surface area (Å²) < 4.78 is 5.30. The van der Waals surface area contributed by atoms with E-state index in [9.17, 15) is 4.79 Å². The normalized spacial score (nSPS) is 16.2. The molecule has 104 valence electrons. The molecular weight excluding hydrogens is 258 g/mol. The van der Waals surface area contributed by atoms with Gasteiger partial charge < -0.3 is 15.2 Å². The van der Waals surface area contributed by atoms with Crippen molar-refractivity contribution in [3.05, 3.63) is 30.0 Å². The van der Waals surface area contributed by atoms with Crippen LogP contribution in [0.3, 0.4) is 0 Å². The van der Waals surface area contributed by atoms with Crippen LogP contribution in [-0.4, -0.2) is 40.3 Å². The molecule has 2 N–H and O–H groups in total. The SMILES string of the molecule is O=C(O)c1ccc2cnc(NC3CCOCC3)nc2c1. The molecule has 0 radical (unpaired) electrons. The van der Waals surface area contributed by atoms with E-state index in [2.05, 4.69) is 15.3 Å². The summed E-state index contributed by atoms with van der Waals surface area (Å²) in [5.41, 5.74) is 0.864. The number of nitrogens with one attached hydrogen (secondary N) is 1. The zero-order valence-electron chi connectivity index (χ0n) is 10.9. The summed E-state index contributed by atoms with van der Waals surface area (Å²) in [7, 11) is 0. The number of aromatic nitrogens is 2. The van der Waals surface area contributed by atoms with E-state index in [4.69, 9.17) is 9.84 Å². The maximum atomic E-state index is 11.0. The topological polar surface area (TPSA) is 84.3 Å². The van der Waals surface area contributed by atoms with E-state index in [0.717, 1.165) is 31.4 Å². The highest BCUT2D eigenvalue weighted by atomic mass is 16.5. The number of hydrogen-bond donors (Lipinski definition) is 2. The van der Waals surface area contributed by atoms with Gasteiger partial charge >= 0.3 is 5.97 Å². The molecule has 6 nitrogen and oxygen atoms in total. The Balaban J connectivity index is 1.86. The van der Waals surface area contributed by atoms with Gasteiger partial charge in [-0.3, -0.25) is 0 Å². The third kappa shape index (κ3) is 2.70. The van der Waals surface area contributed by atoms with Crippen molar-refractivity contribution in [3.63, 3.8) is 0 Å². The smallest absolute Gasteiger partial charge is 0.335 e. The van der Waals surface area contributed by atoms with Gasteiger partial charge in [-0.15, -0.1) is 0 Å². The summed E-state index contributed by atoms with van der Waals surface area (Å²) in [5.74, 6) is -0.420. The number of nitrogens with zero attached hydrogens (tertiary/aromatic N) is 2. The summed E-state index contributed by atoms with van der Waals surface area (Å²) in [6.45, 7) is 1.49. The van der Waals surface area contributed by atoms with Crippen molar-refractivity contribution < 1.29 is 14.6 Å². The number of carboxylic acid groups (broad SMARTS) is 1. The Labute approximate surface area is 115 Å². The van der Waals surface area contributed by atoms with Gasteiger partial charge in [0.25, 0.3) is 0 Å². The lowest BCUT2D eigenvalue weighted by molar-refractivity contribution is 0.0697. The van der Waals surface area contributed by atoms with Crippen LogP contribution < -0.4 is 5.32 Å². The number of benzene rings is 1. The predicted molar refractivity (Wildman–Crippen MR) is 74.0 cm³/mol. The molecule has 0 saturated carbocycles. The van der Waals surface area contributed by atoms with Crippen molar-refractivity contribution in [2.75, 3.05) is 18.5 Å². The minimum atomic E-state index is -0.954. The standard InChI is InChI=1S/C14H15N3O3/c18-13(19)9-1-2-10-8-15-14(17-12(10)7-9)16-11-3-5-20-6-4-11/h1-2,7-8,11H,3-6H2,(H,18,19)(H,15,16,17). The molecule has 0 aliphatic carbocycles. The van der Waals surface area contributed by atoms with Crippen LogP contribution in [0.1, 0.15) is 23.2 Å². The summed E-state index contributed by atoms with van der Waals surface area (Å²) >= 11 is 0. The Morgan fingerprint density at radius 3 is 2.90 bits per heavy atom. The first-order chi connectivity index (χ1) is 9.72. The largest absolute Gasteiger partial charge is 0.478 e. The van der Waals surface area contributed by atoms with Gasteiger partial charge in [0, 0.05) is 30.8 Å². The van der Waals surface area contributed by atoms with Crippen LogP contribution in [0.4, 0.5) is 5.95 Å². The molecule has 1 aromatic heterocycles. The zero-order chi connectivity index (χ0) is 13.9. The molecule has 3 rings (SSSR count). The molecule has 2 aromatic rings. The minimum absolute atomic E-state index is 0.230. The van der Waals surface area contributed by atoms with Crippen molar-refractivity contribution in [2.24, 2.45) is 0 Å². The fourth-order valence-corrected chi connectivity index (χ4v) is 2.25. The van der Waals surface area contributed by atoms with Crippen molar-refractivity contribution >= 4 is 22.8 Å². The van der Waals surface area contributed by atoms with E-state index in [1.807, 2.05) is 0 Å². The van der Waals surface area contributed by atoms with Gasteiger partial charge in [-0.1, -0.05) is 6.07 Å². The monoisotopic (exact) mass is 273 g/mol. The second-order valence-electron chi connectivity index (χ2n) is 4.80. The van der Waals surface area contributed by atoms with Crippen molar-refractivity contribution in [1.29, 1.82) is 0 Å². The van der Waals surface area contributed by atoms with Gasteiger partial charge in [-0.25, -0.2) is 14.8 Å². The van der Waals surface area contributed by atoms with E-state index in [-0.39, 0.29) is 5.56 Å². The fourth-order valence-electron chi connectivity index (χ4n) is 2.25. The predicted octanol–water partition coefficient (Wildman–Crippen LogP) is 1.92. The molecular formula is C14H15N3O3. The lowest BCUT2D eigenvalue weighted by Crippen LogP contribution is -2.28. The summed E-state index contributed by atoms with van der Waals surface area (Å²) in [6, 6.07) is 5.15. The van der Waals surface area contributed by atoms with Crippen LogP contribution in [0.5, 0.6) is 0 Å². The highest BCUT2D eigenvalue weighted by molar-refractivity contribution is 5.93. The minimum Gasteiger partial charge on any atom is -0.478 e. The van der Waals surface area contributed by atoms with Gasteiger partial charge in [0.2, 0.25) is 5.95 Å². The van der Waals surface area contributed by atoms with Crippen LogP contribution in [0, 0.1) is 0 Å². The first kappa shape index (κ1) is 12.8. The van der Waals surface area contributed by atoms with Crippen LogP contribution in [0.2, 0.25) is 0 Å². The molecule has 2 heterocycles. The third-order valence-corrected chi connectivity index (χ3v) is 3.38.